The van der Waals surface area contributed by atoms with E-state index in [-0.39, 0.29) is 11.9 Å². The van der Waals surface area contributed by atoms with Crippen LogP contribution in [0, 0.1) is 0 Å². The molecule has 176 valence electrons. The first-order chi connectivity index (χ1) is 16.1. The van der Waals surface area contributed by atoms with E-state index in [1.807, 2.05) is 41.6 Å². The fourth-order valence-corrected chi connectivity index (χ4v) is 5.10. The largest absolute Gasteiger partial charge is 0.493 e. The van der Waals surface area contributed by atoms with Crippen molar-refractivity contribution in [3.63, 3.8) is 0 Å². The smallest absolute Gasteiger partial charge is 0.225 e. The molecule has 33 heavy (non-hydrogen) atoms. The van der Waals surface area contributed by atoms with Crippen molar-refractivity contribution >= 4 is 17.2 Å². The molecule has 3 heterocycles. The number of aromatic nitrogens is 1. The number of carbonyl (C=O) groups is 1. The molecular weight excluding hydrogens is 438 g/mol. The van der Waals surface area contributed by atoms with Gasteiger partial charge in [-0.25, -0.2) is 0 Å². The standard InChI is InChI=1S/C25H31N3O4S/c1-30-22-7-6-19(24(31-2)25(22)32-3)17-26-11-13-28(14-12-26)23(29)16-21(20-8-15-33-18-20)27-9-4-5-10-27/h4-10,15,18,21H,11-14,16-17H2,1-3H3. The Labute approximate surface area is 199 Å². The number of hydrogen-bond donors (Lipinski definition) is 0. The zero-order valence-electron chi connectivity index (χ0n) is 19.4. The van der Waals surface area contributed by atoms with Crippen molar-refractivity contribution in [1.29, 1.82) is 0 Å². The Morgan fingerprint density at radius 3 is 2.30 bits per heavy atom. The van der Waals surface area contributed by atoms with Gasteiger partial charge in [0.25, 0.3) is 0 Å². The van der Waals surface area contributed by atoms with Gasteiger partial charge in [0.15, 0.2) is 11.5 Å². The SMILES string of the molecule is COc1ccc(CN2CCN(C(=O)CC(c3ccsc3)n3cccc3)CC2)c(OC)c1OC. The molecule has 1 atom stereocenters. The van der Waals surface area contributed by atoms with Crippen molar-refractivity contribution in [2.45, 2.75) is 19.0 Å². The lowest BCUT2D eigenvalue weighted by Crippen LogP contribution is -2.48. The van der Waals surface area contributed by atoms with E-state index < -0.39 is 0 Å². The summed E-state index contributed by atoms with van der Waals surface area (Å²) in [5.74, 6) is 2.15. The summed E-state index contributed by atoms with van der Waals surface area (Å²) in [4.78, 5) is 17.5. The van der Waals surface area contributed by atoms with Crippen LogP contribution < -0.4 is 14.2 Å². The number of carbonyl (C=O) groups excluding carboxylic acids is 1. The molecule has 7 nitrogen and oxygen atoms in total. The van der Waals surface area contributed by atoms with Crippen LogP contribution in [0.3, 0.4) is 0 Å². The minimum absolute atomic E-state index is 0.0350. The number of thiophene rings is 1. The highest BCUT2D eigenvalue weighted by atomic mass is 32.1. The molecule has 8 heteroatoms. The molecule has 1 fully saturated rings. The van der Waals surface area contributed by atoms with E-state index in [2.05, 4.69) is 26.3 Å². The van der Waals surface area contributed by atoms with Gasteiger partial charge in [-0.05, 0) is 40.6 Å². The second-order valence-corrected chi connectivity index (χ2v) is 8.84. The van der Waals surface area contributed by atoms with Gasteiger partial charge in [-0.2, -0.15) is 11.3 Å². The van der Waals surface area contributed by atoms with Crippen LogP contribution in [0.5, 0.6) is 17.2 Å². The molecule has 0 N–H and O–H groups in total. The third kappa shape index (κ3) is 5.17. The molecule has 1 aromatic carbocycles. The molecule has 2 aromatic heterocycles. The van der Waals surface area contributed by atoms with Crippen molar-refractivity contribution in [3.05, 3.63) is 64.6 Å². The quantitative estimate of drug-likeness (QED) is 0.476. The molecule has 1 saturated heterocycles. The highest BCUT2D eigenvalue weighted by molar-refractivity contribution is 7.08. The molecule has 1 aliphatic heterocycles. The third-order valence-electron chi connectivity index (χ3n) is 6.19. The Morgan fingerprint density at radius 1 is 0.970 bits per heavy atom. The lowest BCUT2D eigenvalue weighted by atomic mass is 10.1. The van der Waals surface area contributed by atoms with Crippen molar-refractivity contribution < 1.29 is 19.0 Å². The molecule has 0 aliphatic carbocycles. The monoisotopic (exact) mass is 469 g/mol. The molecule has 0 spiro atoms. The van der Waals surface area contributed by atoms with Gasteiger partial charge in [-0.15, -0.1) is 0 Å². The maximum atomic E-state index is 13.2. The molecule has 0 bridgehead atoms. The van der Waals surface area contributed by atoms with Crippen LogP contribution in [-0.4, -0.2) is 67.8 Å². The molecule has 1 unspecified atom stereocenters. The summed E-state index contributed by atoms with van der Waals surface area (Å²) in [5.41, 5.74) is 2.23. The summed E-state index contributed by atoms with van der Waals surface area (Å²) in [6, 6.07) is 10.1. The number of ether oxygens (including phenoxy) is 3. The maximum absolute atomic E-state index is 13.2. The molecule has 4 rings (SSSR count). The molecule has 0 saturated carbocycles. The van der Waals surface area contributed by atoms with Gasteiger partial charge < -0.3 is 23.7 Å². The number of nitrogens with zero attached hydrogens (tertiary/aromatic N) is 3. The van der Waals surface area contributed by atoms with Gasteiger partial charge >= 0.3 is 0 Å². The minimum atomic E-state index is 0.0350. The van der Waals surface area contributed by atoms with Crippen LogP contribution in [-0.2, 0) is 11.3 Å². The predicted molar refractivity (Wildman–Crippen MR) is 129 cm³/mol. The summed E-state index contributed by atoms with van der Waals surface area (Å²) in [6.45, 7) is 3.80. The Balaban J connectivity index is 1.38. The van der Waals surface area contributed by atoms with E-state index >= 15 is 0 Å². The third-order valence-corrected chi connectivity index (χ3v) is 6.89. The van der Waals surface area contributed by atoms with Crippen LogP contribution in [0.4, 0.5) is 0 Å². The fourth-order valence-electron chi connectivity index (χ4n) is 4.39. The van der Waals surface area contributed by atoms with E-state index in [1.165, 1.54) is 5.56 Å². The van der Waals surface area contributed by atoms with Crippen molar-refractivity contribution in [2.75, 3.05) is 47.5 Å². The van der Waals surface area contributed by atoms with Crippen LogP contribution in [0.1, 0.15) is 23.6 Å². The van der Waals surface area contributed by atoms with E-state index in [1.54, 1.807) is 32.7 Å². The Morgan fingerprint density at radius 2 is 1.70 bits per heavy atom. The number of hydrogen-bond acceptors (Lipinski definition) is 6. The van der Waals surface area contributed by atoms with Crippen molar-refractivity contribution in [1.82, 2.24) is 14.4 Å². The van der Waals surface area contributed by atoms with E-state index in [0.29, 0.717) is 23.7 Å². The van der Waals surface area contributed by atoms with Crippen LogP contribution in [0.15, 0.2) is 53.5 Å². The minimum Gasteiger partial charge on any atom is -0.493 e. The first kappa shape index (κ1) is 23.2. The Bertz CT molecular complexity index is 994. The second kappa shape index (κ2) is 10.8. The molecule has 1 aliphatic rings. The summed E-state index contributed by atoms with van der Waals surface area (Å²) >= 11 is 1.66. The molecular formula is C25H31N3O4S. The van der Waals surface area contributed by atoms with Gasteiger partial charge in [-0.3, -0.25) is 9.69 Å². The number of methoxy groups -OCH3 is 3. The van der Waals surface area contributed by atoms with Crippen LogP contribution >= 0.6 is 11.3 Å². The number of benzene rings is 1. The lowest BCUT2D eigenvalue weighted by Gasteiger charge is -2.35. The first-order valence-electron chi connectivity index (χ1n) is 11.1. The van der Waals surface area contributed by atoms with E-state index in [0.717, 1.165) is 38.3 Å². The van der Waals surface area contributed by atoms with Crippen LogP contribution in [0.2, 0.25) is 0 Å². The van der Waals surface area contributed by atoms with Crippen LogP contribution in [0.25, 0.3) is 0 Å². The highest BCUT2D eigenvalue weighted by Gasteiger charge is 2.26. The zero-order chi connectivity index (χ0) is 23.2. The Kier molecular flexibility index (Phi) is 7.57. The summed E-state index contributed by atoms with van der Waals surface area (Å²) in [7, 11) is 4.88. The normalized spacial score (nSPS) is 15.3. The first-order valence-corrected chi connectivity index (χ1v) is 12.0. The summed E-state index contributed by atoms with van der Waals surface area (Å²) in [6.07, 6.45) is 4.53. The van der Waals surface area contributed by atoms with Gasteiger partial charge in [-0.1, -0.05) is 6.07 Å². The lowest BCUT2D eigenvalue weighted by molar-refractivity contribution is -0.133. The number of piperazine rings is 1. The molecule has 1 amide bonds. The number of amides is 1. The van der Waals surface area contributed by atoms with Gasteiger partial charge in [0.05, 0.1) is 33.8 Å². The topological polar surface area (TPSA) is 56.2 Å². The van der Waals surface area contributed by atoms with Gasteiger partial charge in [0, 0.05) is 50.7 Å². The highest BCUT2D eigenvalue weighted by Crippen LogP contribution is 2.40. The summed E-state index contributed by atoms with van der Waals surface area (Å²) in [5, 5.41) is 4.20. The fraction of sp³-hybridized carbons (Fsp3) is 0.400. The van der Waals surface area contributed by atoms with Crippen molar-refractivity contribution in [3.8, 4) is 17.2 Å². The Hall–Kier alpha value is -2.97. The van der Waals surface area contributed by atoms with Gasteiger partial charge in [0.1, 0.15) is 0 Å². The van der Waals surface area contributed by atoms with E-state index in [9.17, 15) is 4.79 Å². The molecule has 3 aromatic rings. The second-order valence-electron chi connectivity index (χ2n) is 8.06. The molecule has 0 radical (unpaired) electrons. The predicted octanol–water partition coefficient (Wildman–Crippen LogP) is 3.90. The summed E-state index contributed by atoms with van der Waals surface area (Å²) < 4.78 is 18.6. The van der Waals surface area contributed by atoms with Gasteiger partial charge in [0.2, 0.25) is 11.7 Å². The average Bonchev–Trinajstić information content (AvgIpc) is 3.57. The number of rotatable bonds is 9. The zero-order valence-corrected chi connectivity index (χ0v) is 20.2. The van der Waals surface area contributed by atoms with E-state index in [4.69, 9.17) is 14.2 Å². The average molecular weight is 470 g/mol. The maximum Gasteiger partial charge on any atom is 0.225 e. The van der Waals surface area contributed by atoms with Crippen molar-refractivity contribution in [2.24, 2.45) is 0 Å².